The second-order valence-electron chi connectivity index (χ2n) is 5.46. The highest BCUT2D eigenvalue weighted by atomic mass is 16.7. The molecule has 0 radical (unpaired) electrons. The monoisotopic (exact) mass is 289 g/mol. The van der Waals surface area contributed by atoms with E-state index in [4.69, 9.17) is 20.3 Å². The third kappa shape index (κ3) is 12.2. The molecule has 0 aliphatic rings. The quantitative estimate of drug-likeness (QED) is 0.327. The Bertz CT molecular complexity index is 244. The van der Waals surface area contributed by atoms with Crippen LogP contribution in [0.25, 0.3) is 0 Å². The molecule has 0 aromatic heterocycles. The molecule has 1 atom stereocenters. The van der Waals surface area contributed by atoms with Crippen LogP contribution >= 0.6 is 0 Å². The first-order valence-electron chi connectivity index (χ1n) is 7.77. The molecule has 120 valence electrons. The maximum atomic E-state index is 11.5. The highest BCUT2D eigenvalue weighted by molar-refractivity contribution is 5.60. The molecule has 0 bridgehead atoms. The highest BCUT2D eigenvalue weighted by Gasteiger charge is 2.23. The Morgan fingerprint density at radius 3 is 2.40 bits per heavy atom. The van der Waals surface area contributed by atoms with Gasteiger partial charge in [-0.3, -0.25) is 5.73 Å². The number of nitrogens with two attached hydrogens (primary N) is 1. The van der Waals surface area contributed by atoms with E-state index in [-0.39, 0.29) is 6.61 Å². The van der Waals surface area contributed by atoms with Gasteiger partial charge >= 0.3 is 6.16 Å². The molecule has 0 aromatic rings. The lowest BCUT2D eigenvalue weighted by Crippen LogP contribution is -2.41. The topological polar surface area (TPSA) is 81.8 Å². The molecule has 0 amide bonds. The van der Waals surface area contributed by atoms with Crippen LogP contribution in [0, 0.1) is 0 Å². The molecule has 0 saturated carbocycles. The van der Waals surface area contributed by atoms with E-state index >= 15 is 0 Å². The number of hydrogen-bond acceptors (Lipinski definition) is 5. The molecule has 0 aliphatic carbocycles. The molecule has 0 heterocycles. The van der Waals surface area contributed by atoms with E-state index in [0.717, 1.165) is 51.4 Å². The average molecular weight is 289 g/mol. The van der Waals surface area contributed by atoms with Crippen molar-refractivity contribution in [2.75, 3.05) is 13.2 Å². The van der Waals surface area contributed by atoms with Crippen molar-refractivity contribution in [3.8, 4) is 0 Å². The first-order valence-corrected chi connectivity index (χ1v) is 7.77. The van der Waals surface area contributed by atoms with Gasteiger partial charge in [0.1, 0.15) is 0 Å². The van der Waals surface area contributed by atoms with Gasteiger partial charge in [-0.25, -0.2) is 4.79 Å². The highest BCUT2D eigenvalue weighted by Crippen LogP contribution is 2.15. The normalized spacial score (nSPS) is 13.8. The molecular weight excluding hydrogens is 258 g/mol. The summed E-state index contributed by atoms with van der Waals surface area (Å²) in [6, 6.07) is 0. The van der Waals surface area contributed by atoms with Gasteiger partial charge in [0, 0.05) is 13.0 Å². The van der Waals surface area contributed by atoms with Gasteiger partial charge in [-0.15, -0.1) is 0 Å². The Kier molecular flexibility index (Phi) is 11.5. The van der Waals surface area contributed by atoms with E-state index < -0.39 is 11.9 Å². The minimum atomic E-state index is -0.973. The van der Waals surface area contributed by atoms with Crippen LogP contribution in [0.1, 0.15) is 71.6 Å². The number of rotatable bonds is 12. The van der Waals surface area contributed by atoms with Crippen LogP contribution in [0.3, 0.4) is 0 Å². The lowest BCUT2D eigenvalue weighted by Gasteiger charge is -2.24. The predicted molar refractivity (Wildman–Crippen MR) is 79.3 cm³/mol. The summed E-state index contributed by atoms with van der Waals surface area (Å²) >= 11 is 0. The summed E-state index contributed by atoms with van der Waals surface area (Å²) in [6.45, 7) is 4.44. The van der Waals surface area contributed by atoms with Crippen molar-refractivity contribution in [1.82, 2.24) is 0 Å². The van der Waals surface area contributed by atoms with Crippen molar-refractivity contribution in [3.05, 3.63) is 0 Å². The summed E-state index contributed by atoms with van der Waals surface area (Å²) < 4.78 is 10.1. The zero-order valence-electron chi connectivity index (χ0n) is 13.0. The van der Waals surface area contributed by atoms with Gasteiger partial charge in [0.15, 0.2) is 5.72 Å². The summed E-state index contributed by atoms with van der Waals surface area (Å²) in [5.41, 5.74) is 4.94. The molecule has 5 nitrogen and oxygen atoms in total. The summed E-state index contributed by atoms with van der Waals surface area (Å²) in [6.07, 6.45) is 7.78. The molecule has 0 fully saturated rings. The summed E-state index contributed by atoms with van der Waals surface area (Å²) in [7, 11) is 0. The SMILES string of the molecule is CCCCCCOC(=O)OC(C)(N)CCCCCCO. The van der Waals surface area contributed by atoms with Gasteiger partial charge in [0.2, 0.25) is 0 Å². The lowest BCUT2D eigenvalue weighted by molar-refractivity contribution is -0.0284. The first kappa shape index (κ1) is 19.2. The zero-order valence-corrected chi connectivity index (χ0v) is 13.0. The van der Waals surface area contributed by atoms with Gasteiger partial charge in [-0.05, 0) is 26.2 Å². The van der Waals surface area contributed by atoms with Gasteiger partial charge in [0.25, 0.3) is 0 Å². The van der Waals surface area contributed by atoms with Gasteiger partial charge in [-0.1, -0.05) is 39.0 Å². The second kappa shape index (κ2) is 12.0. The predicted octanol–water partition coefficient (Wildman–Crippen LogP) is 3.34. The zero-order chi connectivity index (χ0) is 15.3. The number of unbranched alkanes of at least 4 members (excludes halogenated alkanes) is 6. The Labute approximate surface area is 122 Å². The van der Waals surface area contributed by atoms with Crippen molar-refractivity contribution in [2.45, 2.75) is 77.4 Å². The fourth-order valence-electron chi connectivity index (χ4n) is 1.90. The number of hydrogen-bond donors (Lipinski definition) is 2. The molecular formula is C15H31NO4. The molecule has 0 rings (SSSR count). The summed E-state index contributed by atoms with van der Waals surface area (Å²) in [5, 5.41) is 8.67. The minimum absolute atomic E-state index is 0.223. The molecule has 0 saturated heterocycles. The largest absolute Gasteiger partial charge is 0.510 e. The van der Waals surface area contributed by atoms with Crippen molar-refractivity contribution >= 4 is 6.16 Å². The minimum Gasteiger partial charge on any atom is -0.434 e. The first-order chi connectivity index (χ1) is 9.52. The van der Waals surface area contributed by atoms with E-state index in [0.29, 0.717) is 13.0 Å². The Balaban J connectivity index is 3.63. The average Bonchev–Trinajstić information content (AvgIpc) is 2.37. The van der Waals surface area contributed by atoms with E-state index in [9.17, 15) is 4.79 Å². The Morgan fingerprint density at radius 1 is 1.10 bits per heavy atom. The summed E-state index contributed by atoms with van der Waals surface area (Å²) in [4.78, 5) is 11.5. The molecule has 0 aliphatic heterocycles. The van der Waals surface area contributed by atoms with Crippen LogP contribution in [-0.4, -0.2) is 30.2 Å². The molecule has 5 heteroatoms. The van der Waals surface area contributed by atoms with Gasteiger partial charge in [-0.2, -0.15) is 0 Å². The molecule has 1 unspecified atom stereocenters. The van der Waals surface area contributed by atoms with E-state index in [2.05, 4.69) is 6.92 Å². The molecule has 0 aromatic carbocycles. The maximum Gasteiger partial charge on any atom is 0.510 e. The van der Waals surface area contributed by atoms with E-state index in [1.807, 2.05) is 0 Å². The van der Waals surface area contributed by atoms with E-state index in [1.54, 1.807) is 6.92 Å². The number of carbonyl (C=O) groups is 1. The van der Waals surface area contributed by atoms with Crippen LogP contribution in [0.5, 0.6) is 0 Å². The van der Waals surface area contributed by atoms with Gasteiger partial charge < -0.3 is 14.6 Å². The smallest absolute Gasteiger partial charge is 0.434 e. The maximum absolute atomic E-state index is 11.5. The van der Waals surface area contributed by atoms with Crippen LogP contribution in [0.4, 0.5) is 4.79 Å². The molecule has 0 spiro atoms. The number of carbonyl (C=O) groups excluding carboxylic acids is 1. The fraction of sp³-hybridized carbons (Fsp3) is 0.933. The van der Waals surface area contributed by atoms with Crippen molar-refractivity contribution in [2.24, 2.45) is 5.73 Å². The van der Waals surface area contributed by atoms with Crippen LogP contribution in [0.2, 0.25) is 0 Å². The third-order valence-corrected chi connectivity index (χ3v) is 3.12. The second-order valence-corrected chi connectivity index (χ2v) is 5.46. The number of aliphatic hydroxyl groups excluding tert-OH is 1. The van der Waals surface area contributed by atoms with Crippen molar-refractivity contribution in [3.63, 3.8) is 0 Å². The third-order valence-electron chi connectivity index (χ3n) is 3.12. The number of aliphatic hydroxyl groups is 1. The number of ether oxygens (including phenoxy) is 2. The Morgan fingerprint density at radius 2 is 1.75 bits per heavy atom. The van der Waals surface area contributed by atoms with Gasteiger partial charge in [0.05, 0.1) is 6.61 Å². The lowest BCUT2D eigenvalue weighted by atomic mass is 10.1. The van der Waals surface area contributed by atoms with Crippen molar-refractivity contribution in [1.29, 1.82) is 0 Å². The standard InChI is InChI=1S/C15H31NO4/c1-3-4-5-10-13-19-14(18)20-15(2,16)11-8-6-7-9-12-17/h17H,3-13,16H2,1-2H3. The van der Waals surface area contributed by atoms with Crippen LogP contribution in [-0.2, 0) is 9.47 Å². The van der Waals surface area contributed by atoms with Crippen molar-refractivity contribution < 1.29 is 19.4 Å². The van der Waals surface area contributed by atoms with Crippen LogP contribution < -0.4 is 5.73 Å². The molecule has 20 heavy (non-hydrogen) atoms. The van der Waals surface area contributed by atoms with Crippen LogP contribution in [0.15, 0.2) is 0 Å². The summed E-state index contributed by atoms with van der Waals surface area (Å²) in [5.74, 6) is 0. The fourth-order valence-corrected chi connectivity index (χ4v) is 1.90. The van der Waals surface area contributed by atoms with E-state index in [1.165, 1.54) is 0 Å². The Hall–Kier alpha value is -0.810. The molecule has 3 N–H and O–H groups in total.